The van der Waals surface area contributed by atoms with E-state index in [1.165, 1.54) is 4.90 Å². The van der Waals surface area contributed by atoms with Gasteiger partial charge >= 0.3 is 5.97 Å². The van der Waals surface area contributed by atoms with Gasteiger partial charge in [-0.2, -0.15) is 5.10 Å². The molecule has 0 saturated carbocycles. The van der Waals surface area contributed by atoms with E-state index in [9.17, 15) is 9.59 Å². The summed E-state index contributed by atoms with van der Waals surface area (Å²) in [5.74, 6) is -0.650. The summed E-state index contributed by atoms with van der Waals surface area (Å²) in [7, 11) is 1.59. The van der Waals surface area contributed by atoms with E-state index < -0.39 is 12.1 Å². The molecule has 1 aliphatic heterocycles. The van der Waals surface area contributed by atoms with E-state index in [1.807, 2.05) is 12.1 Å². The fourth-order valence-corrected chi connectivity index (χ4v) is 2.46. The Labute approximate surface area is 138 Å². The Morgan fingerprint density at radius 3 is 2.71 bits per heavy atom. The van der Waals surface area contributed by atoms with Crippen LogP contribution in [0.15, 0.2) is 36.5 Å². The van der Waals surface area contributed by atoms with Crippen molar-refractivity contribution in [2.24, 2.45) is 0 Å². The Bertz CT molecular complexity index is 740. The molecule has 126 valence electrons. The molecule has 0 radical (unpaired) electrons. The standard InChI is InChI=1S/C16H17N3O5/c1-23-12-4-2-11(3-5-12)19-7-6-13(17-19)15(20)18-8-9-24-14(10-18)16(21)22/h2-7,14H,8-10H2,1H3,(H,21,22). The Morgan fingerprint density at radius 2 is 2.04 bits per heavy atom. The molecule has 0 spiro atoms. The van der Waals surface area contributed by atoms with Crippen molar-refractivity contribution in [3.63, 3.8) is 0 Å². The fourth-order valence-electron chi connectivity index (χ4n) is 2.46. The first-order chi connectivity index (χ1) is 11.6. The number of carboxylic acid groups (broad SMARTS) is 1. The maximum atomic E-state index is 12.5. The van der Waals surface area contributed by atoms with Gasteiger partial charge in [-0.05, 0) is 30.3 Å². The van der Waals surface area contributed by atoms with Crippen LogP contribution in [0.25, 0.3) is 5.69 Å². The third-order valence-corrected chi connectivity index (χ3v) is 3.77. The van der Waals surface area contributed by atoms with Gasteiger partial charge in [-0.1, -0.05) is 0 Å². The molecule has 0 bridgehead atoms. The van der Waals surface area contributed by atoms with Gasteiger partial charge in [0.2, 0.25) is 0 Å². The van der Waals surface area contributed by atoms with Crippen molar-refractivity contribution in [1.29, 1.82) is 0 Å². The van der Waals surface area contributed by atoms with Gasteiger partial charge in [0.1, 0.15) is 5.75 Å². The minimum Gasteiger partial charge on any atom is -0.497 e. The highest BCUT2D eigenvalue weighted by Crippen LogP contribution is 2.15. The lowest BCUT2D eigenvalue weighted by Gasteiger charge is -2.30. The Hall–Kier alpha value is -2.87. The van der Waals surface area contributed by atoms with Crippen LogP contribution >= 0.6 is 0 Å². The second-order valence-electron chi connectivity index (χ2n) is 5.29. The fraction of sp³-hybridized carbons (Fsp3) is 0.312. The molecule has 2 aromatic rings. The minimum absolute atomic E-state index is 0.0174. The molecule has 1 unspecified atom stereocenters. The lowest BCUT2D eigenvalue weighted by atomic mass is 10.2. The topological polar surface area (TPSA) is 93.9 Å². The van der Waals surface area contributed by atoms with Gasteiger partial charge in [-0.15, -0.1) is 0 Å². The first kappa shape index (κ1) is 16.0. The van der Waals surface area contributed by atoms with Crippen molar-refractivity contribution >= 4 is 11.9 Å². The molecule has 1 N–H and O–H groups in total. The van der Waals surface area contributed by atoms with Crippen molar-refractivity contribution in [1.82, 2.24) is 14.7 Å². The van der Waals surface area contributed by atoms with E-state index in [0.29, 0.717) is 6.54 Å². The van der Waals surface area contributed by atoms with Crippen LogP contribution < -0.4 is 4.74 Å². The summed E-state index contributed by atoms with van der Waals surface area (Å²) in [6.45, 7) is 0.559. The van der Waals surface area contributed by atoms with Gasteiger partial charge < -0.3 is 19.5 Å². The third kappa shape index (κ3) is 3.23. The number of aromatic nitrogens is 2. The zero-order chi connectivity index (χ0) is 17.1. The lowest BCUT2D eigenvalue weighted by Crippen LogP contribution is -2.48. The zero-order valence-electron chi connectivity index (χ0n) is 13.1. The van der Waals surface area contributed by atoms with E-state index in [2.05, 4.69) is 5.10 Å². The Morgan fingerprint density at radius 1 is 1.29 bits per heavy atom. The SMILES string of the molecule is COc1ccc(-n2ccc(C(=O)N3CCOC(C(=O)O)C3)n2)cc1. The van der Waals surface area contributed by atoms with Crippen LogP contribution in [0.2, 0.25) is 0 Å². The van der Waals surface area contributed by atoms with Crippen molar-refractivity contribution < 1.29 is 24.2 Å². The summed E-state index contributed by atoms with van der Waals surface area (Å²) in [4.78, 5) is 24.9. The molecule has 1 aromatic heterocycles. The van der Waals surface area contributed by atoms with E-state index in [4.69, 9.17) is 14.6 Å². The summed E-state index contributed by atoms with van der Waals surface area (Å²) in [5.41, 5.74) is 1.05. The smallest absolute Gasteiger partial charge is 0.334 e. The maximum Gasteiger partial charge on any atom is 0.334 e. The summed E-state index contributed by atoms with van der Waals surface area (Å²) in [6, 6.07) is 8.87. The quantitative estimate of drug-likeness (QED) is 0.891. The molecule has 1 fully saturated rings. The summed E-state index contributed by atoms with van der Waals surface area (Å²) >= 11 is 0. The number of carbonyl (C=O) groups is 2. The molecular weight excluding hydrogens is 314 g/mol. The molecule has 8 nitrogen and oxygen atoms in total. The monoisotopic (exact) mass is 331 g/mol. The molecule has 0 aliphatic carbocycles. The van der Waals surface area contributed by atoms with Crippen molar-refractivity contribution in [3.05, 3.63) is 42.2 Å². The molecule has 1 aromatic carbocycles. The third-order valence-electron chi connectivity index (χ3n) is 3.77. The number of carbonyl (C=O) groups excluding carboxylic acids is 1. The molecule has 1 aliphatic rings. The first-order valence-electron chi connectivity index (χ1n) is 7.42. The number of ether oxygens (including phenoxy) is 2. The molecular formula is C16H17N3O5. The number of nitrogens with zero attached hydrogens (tertiary/aromatic N) is 3. The molecule has 24 heavy (non-hydrogen) atoms. The van der Waals surface area contributed by atoms with Crippen LogP contribution in [-0.2, 0) is 9.53 Å². The zero-order valence-corrected chi connectivity index (χ0v) is 13.1. The highest BCUT2D eigenvalue weighted by atomic mass is 16.5. The van der Waals surface area contributed by atoms with Crippen LogP contribution in [0.5, 0.6) is 5.75 Å². The molecule has 1 saturated heterocycles. The van der Waals surface area contributed by atoms with Crippen LogP contribution in [-0.4, -0.2) is 64.6 Å². The number of morpholine rings is 1. The predicted molar refractivity (Wildman–Crippen MR) is 83.4 cm³/mol. The number of amides is 1. The van der Waals surface area contributed by atoms with Gasteiger partial charge in [0.25, 0.3) is 5.91 Å². The van der Waals surface area contributed by atoms with Crippen molar-refractivity contribution in [2.45, 2.75) is 6.10 Å². The average molecular weight is 331 g/mol. The van der Waals surface area contributed by atoms with Gasteiger partial charge in [0.05, 0.1) is 25.9 Å². The highest BCUT2D eigenvalue weighted by Gasteiger charge is 2.30. The summed E-state index contributed by atoms with van der Waals surface area (Å²) in [6.07, 6.45) is 0.691. The summed E-state index contributed by atoms with van der Waals surface area (Å²) < 4.78 is 11.8. The molecule has 2 heterocycles. The van der Waals surface area contributed by atoms with E-state index >= 15 is 0 Å². The lowest BCUT2D eigenvalue weighted by molar-refractivity contribution is -0.154. The first-order valence-corrected chi connectivity index (χ1v) is 7.42. The van der Waals surface area contributed by atoms with Crippen LogP contribution in [0.1, 0.15) is 10.5 Å². The van der Waals surface area contributed by atoms with E-state index in [0.717, 1.165) is 11.4 Å². The van der Waals surface area contributed by atoms with Gasteiger partial charge in [0.15, 0.2) is 11.8 Å². The number of rotatable bonds is 4. The van der Waals surface area contributed by atoms with Crippen LogP contribution in [0, 0.1) is 0 Å². The van der Waals surface area contributed by atoms with Crippen molar-refractivity contribution in [2.75, 3.05) is 26.8 Å². The van der Waals surface area contributed by atoms with Crippen LogP contribution in [0.4, 0.5) is 0 Å². The molecule has 1 amide bonds. The Kier molecular flexibility index (Phi) is 4.48. The van der Waals surface area contributed by atoms with E-state index in [1.54, 1.807) is 36.2 Å². The van der Waals surface area contributed by atoms with E-state index in [-0.39, 0.29) is 24.8 Å². The second kappa shape index (κ2) is 6.71. The van der Waals surface area contributed by atoms with Crippen molar-refractivity contribution in [3.8, 4) is 11.4 Å². The number of carboxylic acids is 1. The summed E-state index contributed by atoms with van der Waals surface area (Å²) in [5, 5.41) is 13.3. The van der Waals surface area contributed by atoms with Gasteiger partial charge in [0, 0.05) is 12.7 Å². The van der Waals surface area contributed by atoms with Gasteiger partial charge in [-0.25, -0.2) is 9.48 Å². The number of methoxy groups -OCH3 is 1. The van der Waals surface area contributed by atoms with Gasteiger partial charge in [-0.3, -0.25) is 4.79 Å². The molecule has 3 rings (SSSR count). The number of hydrogen-bond donors (Lipinski definition) is 1. The average Bonchev–Trinajstić information content (AvgIpc) is 3.11. The van der Waals surface area contributed by atoms with Crippen LogP contribution in [0.3, 0.4) is 0 Å². The Balaban J connectivity index is 1.74. The normalized spacial score (nSPS) is 17.5. The molecule has 1 atom stereocenters. The largest absolute Gasteiger partial charge is 0.497 e. The molecule has 8 heteroatoms. The predicted octanol–water partition coefficient (Wildman–Crippen LogP) is 0.806. The number of hydrogen-bond acceptors (Lipinski definition) is 5. The number of aliphatic carboxylic acids is 1. The number of benzene rings is 1. The minimum atomic E-state index is -1.07. The maximum absolute atomic E-state index is 12.5. The highest BCUT2D eigenvalue weighted by molar-refractivity contribution is 5.92. The second-order valence-corrected chi connectivity index (χ2v) is 5.29.